The van der Waals surface area contributed by atoms with Crippen LogP contribution in [0.4, 0.5) is 0 Å². The average Bonchev–Trinajstić information content (AvgIpc) is 2.92. The molecule has 5 nitrogen and oxygen atoms in total. The number of carbonyl (C=O) groups is 2. The van der Waals surface area contributed by atoms with E-state index < -0.39 is 0 Å². The van der Waals surface area contributed by atoms with Crippen molar-refractivity contribution in [2.75, 3.05) is 13.1 Å². The van der Waals surface area contributed by atoms with E-state index in [0.717, 1.165) is 38.0 Å². The lowest BCUT2D eigenvalue weighted by Gasteiger charge is -2.36. The van der Waals surface area contributed by atoms with Gasteiger partial charge in [0.1, 0.15) is 11.5 Å². The fourth-order valence-electron chi connectivity index (χ4n) is 3.47. The van der Waals surface area contributed by atoms with Gasteiger partial charge in [-0.3, -0.25) is 9.59 Å². The summed E-state index contributed by atoms with van der Waals surface area (Å²) >= 11 is 0. The average molecular weight is 287 g/mol. The van der Waals surface area contributed by atoms with Gasteiger partial charge in [-0.05, 0) is 44.9 Å². The van der Waals surface area contributed by atoms with Crippen molar-refractivity contribution in [3.05, 3.63) is 29.6 Å². The maximum absolute atomic E-state index is 12.3. The minimum Gasteiger partial charge on any atom is -0.348 e. The summed E-state index contributed by atoms with van der Waals surface area (Å²) in [6, 6.07) is 5.50. The molecule has 1 saturated heterocycles. The van der Waals surface area contributed by atoms with Crippen molar-refractivity contribution < 1.29 is 9.59 Å². The van der Waals surface area contributed by atoms with Gasteiger partial charge in [0.15, 0.2) is 0 Å². The van der Waals surface area contributed by atoms with Gasteiger partial charge in [-0.15, -0.1) is 0 Å². The molecule has 0 unspecified atom stereocenters. The van der Waals surface area contributed by atoms with Crippen molar-refractivity contribution in [2.45, 2.75) is 38.6 Å². The van der Waals surface area contributed by atoms with Crippen LogP contribution in [0.25, 0.3) is 0 Å². The largest absolute Gasteiger partial charge is 0.348 e. The van der Waals surface area contributed by atoms with Gasteiger partial charge in [-0.25, -0.2) is 4.98 Å². The highest BCUT2D eigenvalue weighted by Gasteiger charge is 2.45. The molecule has 2 aliphatic rings. The molecule has 1 aromatic heterocycles. The molecule has 112 valence electrons. The van der Waals surface area contributed by atoms with Crippen LogP contribution in [0.3, 0.4) is 0 Å². The van der Waals surface area contributed by atoms with E-state index in [9.17, 15) is 9.59 Å². The zero-order valence-corrected chi connectivity index (χ0v) is 12.3. The molecule has 0 radical (unpaired) electrons. The molecule has 1 aliphatic heterocycles. The van der Waals surface area contributed by atoms with Crippen molar-refractivity contribution in [2.24, 2.45) is 5.41 Å². The first-order chi connectivity index (χ1) is 10.1. The van der Waals surface area contributed by atoms with Crippen molar-refractivity contribution in [3.8, 4) is 0 Å². The van der Waals surface area contributed by atoms with Crippen LogP contribution in [0.1, 0.15) is 41.9 Å². The van der Waals surface area contributed by atoms with Crippen LogP contribution in [-0.2, 0) is 4.79 Å². The number of carbonyl (C=O) groups excluding carboxylic acids is 2. The number of Topliss-reactive ketones (excluding diaryl/α,β-unsaturated/α-hetero) is 1. The van der Waals surface area contributed by atoms with Crippen molar-refractivity contribution in [3.63, 3.8) is 0 Å². The third-order valence-corrected chi connectivity index (χ3v) is 4.65. The predicted octanol–water partition coefficient (Wildman–Crippen LogP) is 1.22. The van der Waals surface area contributed by atoms with E-state index in [1.54, 1.807) is 6.07 Å². The Balaban J connectivity index is 1.68. The molecule has 1 saturated carbocycles. The van der Waals surface area contributed by atoms with Crippen LogP contribution in [-0.4, -0.2) is 35.8 Å². The van der Waals surface area contributed by atoms with Gasteiger partial charge in [-0.2, -0.15) is 0 Å². The molecule has 0 aromatic carbocycles. The van der Waals surface area contributed by atoms with E-state index in [1.165, 1.54) is 0 Å². The van der Waals surface area contributed by atoms with Gasteiger partial charge in [0.25, 0.3) is 5.91 Å². The van der Waals surface area contributed by atoms with Gasteiger partial charge in [0, 0.05) is 30.1 Å². The second-order valence-electron chi connectivity index (χ2n) is 6.21. The number of aromatic nitrogens is 1. The summed E-state index contributed by atoms with van der Waals surface area (Å²) in [7, 11) is 0. The maximum Gasteiger partial charge on any atom is 0.270 e. The highest BCUT2D eigenvalue weighted by atomic mass is 16.2. The van der Waals surface area contributed by atoms with Crippen LogP contribution in [0, 0.1) is 12.3 Å². The van der Waals surface area contributed by atoms with Gasteiger partial charge >= 0.3 is 0 Å². The Morgan fingerprint density at radius 1 is 1.48 bits per heavy atom. The van der Waals surface area contributed by atoms with E-state index >= 15 is 0 Å². The first-order valence-electron chi connectivity index (χ1n) is 7.58. The molecule has 1 amide bonds. The molecule has 5 heteroatoms. The maximum atomic E-state index is 12.3. The van der Waals surface area contributed by atoms with Gasteiger partial charge in [0.2, 0.25) is 0 Å². The molecule has 1 spiro atoms. The third-order valence-electron chi connectivity index (χ3n) is 4.65. The third kappa shape index (κ3) is 2.83. The molecule has 2 N–H and O–H groups in total. The number of hydrogen-bond acceptors (Lipinski definition) is 4. The lowest BCUT2D eigenvalue weighted by molar-refractivity contribution is -0.130. The summed E-state index contributed by atoms with van der Waals surface area (Å²) in [5.74, 6) is 0.214. The molecule has 21 heavy (non-hydrogen) atoms. The van der Waals surface area contributed by atoms with Crippen LogP contribution in [0.2, 0.25) is 0 Å². The van der Waals surface area contributed by atoms with Crippen LogP contribution in [0.5, 0.6) is 0 Å². The normalized spacial score (nSPS) is 28.8. The van der Waals surface area contributed by atoms with Gasteiger partial charge in [-0.1, -0.05) is 6.07 Å². The van der Waals surface area contributed by atoms with Crippen molar-refractivity contribution in [1.82, 2.24) is 15.6 Å². The molecule has 3 rings (SSSR count). The Morgan fingerprint density at radius 2 is 2.33 bits per heavy atom. The van der Waals surface area contributed by atoms with Crippen molar-refractivity contribution >= 4 is 11.7 Å². The SMILES string of the molecule is Cc1cccc(C(=O)N[C@H]2CCC(=O)[C@]3(CCNC3)C2)n1. The Bertz CT molecular complexity index is 564. The number of aryl methyl sites for hydroxylation is 1. The molecule has 1 aliphatic carbocycles. The Kier molecular flexibility index (Phi) is 3.76. The summed E-state index contributed by atoms with van der Waals surface area (Å²) < 4.78 is 0. The number of nitrogens with zero attached hydrogens (tertiary/aromatic N) is 1. The van der Waals surface area contributed by atoms with Crippen molar-refractivity contribution in [1.29, 1.82) is 0 Å². The molecule has 2 fully saturated rings. The van der Waals surface area contributed by atoms with Crippen LogP contribution >= 0.6 is 0 Å². The standard InChI is InChI=1S/C16H21N3O2/c1-11-3-2-4-13(18-11)15(21)19-12-5-6-14(20)16(9-12)7-8-17-10-16/h2-4,12,17H,5-10H2,1H3,(H,19,21)/t12-,16+/m0/s1. The first kappa shape index (κ1) is 14.2. The zero-order valence-electron chi connectivity index (χ0n) is 12.3. The fraction of sp³-hybridized carbons (Fsp3) is 0.562. The smallest absolute Gasteiger partial charge is 0.270 e. The second kappa shape index (κ2) is 5.56. The summed E-state index contributed by atoms with van der Waals surface area (Å²) in [5, 5.41) is 6.33. The Hall–Kier alpha value is -1.75. The Morgan fingerprint density at radius 3 is 3.05 bits per heavy atom. The fourth-order valence-corrected chi connectivity index (χ4v) is 3.47. The molecule has 1 aromatic rings. The quantitative estimate of drug-likeness (QED) is 0.858. The first-order valence-corrected chi connectivity index (χ1v) is 7.58. The van der Waals surface area contributed by atoms with E-state index in [4.69, 9.17) is 0 Å². The lowest BCUT2D eigenvalue weighted by Crippen LogP contribution is -2.47. The number of rotatable bonds is 2. The van der Waals surface area contributed by atoms with Gasteiger partial charge in [0.05, 0.1) is 0 Å². The number of ketones is 1. The molecule has 0 bridgehead atoms. The predicted molar refractivity (Wildman–Crippen MR) is 79.0 cm³/mol. The number of amides is 1. The minimum atomic E-state index is -0.254. The molecular formula is C16H21N3O2. The van der Waals surface area contributed by atoms with Crippen LogP contribution < -0.4 is 10.6 Å². The Labute approximate surface area is 124 Å². The summed E-state index contributed by atoms with van der Waals surface area (Å²) in [6.45, 7) is 3.52. The van der Waals surface area contributed by atoms with E-state index in [2.05, 4.69) is 15.6 Å². The topological polar surface area (TPSA) is 71.1 Å². The highest BCUT2D eigenvalue weighted by Crippen LogP contribution is 2.38. The lowest BCUT2D eigenvalue weighted by atomic mass is 9.70. The molecule has 2 atom stereocenters. The molecule has 2 heterocycles. The van der Waals surface area contributed by atoms with E-state index in [-0.39, 0.29) is 17.4 Å². The second-order valence-corrected chi connectivity index (χ2v) is 6.21. The van der Waals surface area contributed by atoms with E-state index in [0.29, 0.717) is 17.9 Å². The summed E-state index contributed by atoms with van der Waals surface area (Å²) in [4.78, 5) is 28.7. The summed E-state index contributed by atoms with van der Waals surface area (Å²) in [6.07, 6.45) is 2.93. The number of pyridine rings is 1. The molecular weight excluding hydrogens is 266 g/mol. The number of hydrogen-bond donors (Lipinski definition) is 2. The monoisotopic (exact) mass is 287 g/mol. The minimum absolute atomic E-state index is 0.0670. The van der Waals surface area contributed by atoms with Gasteiger partial charge < -0.3 is 10.6 Å². The zero-order chi connectivity index (χ0) is 14.9. The summed E-state index contributed by atoms with van der Waals surface area (Å²) in [5.41, 5.74) is 1.03. The highest BCUT2D eigenvalue weighted by molar-refractivity contribution is 5.93. The number of nitrogens with one attached hydrogen (secondary N) is 2. The van der Waals surface area contributed by atoms with E-state index in [1.807, 2.05) is 19.1 Å². The van der Waals surface area contributed by atoms with Crippen LogP contribution in [0.15, 0.2) is 18.2 Å².